The summed E-state index contributed by atoms with van der Waals surface area (Å²) in [7, 11) is 0. The van der Waals surface area contributed by atoms with Gasteiger partial charge in [-0.15, -0.1) is 0 Å². The van der Waals surface area contributed by atoms with Crippen LogP contribution in [0.3, 0.4) is 0 Å². The Morgan fingerprint density at radius 1 is 1.10 bits per heavy atom. The van der Waals surface area contributed by atoms with Crippen LogP contribution in [-0.4, -0.2) is 16.9 Å². The Morgan fingerprint density at radius 3 is 2.60 bits per heavy atom. The van der Waals surface area contributed by atoms with E-state index in [1.165, 1.54) is 0 Å². The first-order chi connectivity index (χ1) is 9.74. The van der Waals surface area contributed by atoms with Crippen molar-refractivity contribution in [2.75, 3.05) is 0 Å². The summed E-state index contributed by atoms with van der Waals surface area (Å²) in [5.41, 5.74) is 1.67. The summed E-state index contributed by atoms with van der Waals surface area (Å²) in [6.45, 7) is 0. The highest BCUT2D eigenvalue weighted by molar-refractivity contribution is 6.34. The topological polar surface area (TPSA) is 51.5 Å². The van der Waals surface area contributed by atoms with Crippen LogP contribution in [0.1, 0.15) is 11.1 Å². The molecule has 0 amide bonds. The smallest absolute Gasteiger partial charge is 0.363 e. The molecule has 0 bridgehead atoms. The summed E-state index contributed by atoms with van der Waals surface area (Å²) in [5.74, 6) is -0.266. The van der Waals surface area contributed by atoms with E-state index in [1.54, 1.807) is 48.8 Å². The first-order valence-electron chi connectivity index (χ1n) is 5.91. The van der Waals surface area contributed by atoms with Crippen LogP contribution >= 0.6 is 11.6 Å². The minimum atomic E-state index is -0.489. The number of carbonyl (C=O) groups excluding carboxylic acids is 1. The molecule has 0 unspecified atom stereocenters. The van der Waals surface area contributed by atoms with E-state index in [1.807, 2.05) is 6.07 Å². The fraction of sp³-hybridized carbons (Fsp3) is 0. The fourth-order valence-corrected chi connectivity index (χ4v) is 1.99. The van der Waals surface area contributed by atoms with E-state index in [9.17, 15) is 4.79 Å². The van der Waals surface area contributed by atoms with Crippen molar-refractivity contribution < 1.29 is 9.53 Å². The normalized spacial score (nSPS) is 16.1. The molecule has 20 heavy (non-hydrogen) atoms. The van der Waals surface area contributed by atoms with Crippen molar-refractivity contribution >= 4 is 29.5 Å². The highest BCUT2D eigenvalue weighted by atomic mass is 35.5. The van der Waals surface area contributed by atoms with Gasteiger partial charge >= 0.3 is 5.97 Å². The zero-order valence-electron chi connectivity index (χ0n) is 10.3. The Kier molecular flexibility index (Phi) is 3.31. The number of ether oxygens (including phenoxy) is 1. The number of hydrogen-bond donors (Lipinski definition) is 0. The lowest BCUT2D eigenvalue weighted by Crippen LogP contribution is -2.05. The lowest BCUT2D eigenvalue weighted by molar-refractivity contribution is -0.129. The van der Waals surface area contributed by atoms with Crippen molar-refractivity contribution in [2.24, 2.45) is 4.99 Å². The van der Waals surface area contributed by atoms with Crippen LogP contribution < -0.4 is 0 Å². The lowest BCUT2D eigenvalue weighted by atomic mass is 10.2. The largest absolute Gasteiger partial charge is 0.402 e. The predicted molar refractivity (Wildman–Crippen MR) is 76.3 cm³/mol. The van der Waals surface area contributed by atoms with Gasteiger partial charge in [0.2, 0.25) is 5.90 Å². The van der Waals surface area contributed by atoms with Crippen LogP contribution in [0, 0.1) is 0 Å². The number of rotatable bonds is 2. The van der Waals surface area contributed by atoms with Crippen molar-refractivity contribution in [1.29, 1.82) is 0 Å². The van der Waals surface area contributed by atoms with E-state index >= 15 is 0 Å². The number of benzene rings is 1. The van der Waals surface area contributed by atoms with Gasteiger partial charge in [-0.05, 0) is 35.9 Å². The van der Waals surface area contributed by atoms with Gasteiger partial charge in [0.1, 0.15) is 0 Å². The molecule has 0 spiro atoms. The Labute approximate surface area is 120 Å². The molecule has 1 aromatic carbocycles. The molecule has 0 saturated carbocycles. The first kappa shape index (κ1) is 12.6. The molecule has 0 N–H and O–H groups in total. The van der Waals surface area contributed by atoms with Crippen molar-refractivity contribution in [1.82, 2.24) is 4.98 Å². The monoisotopic (exact) mass is 284 g/mol. The number of cyclic esters (lactones) is 1. The number of pyridine rings is 1. The molecule has 1 aromatic heterocycles. The Balaban J connectivity index is 1.98. The van der Waals surface area contributed by atoms with Crippen LogP contribution in [0.5, 0.6) is 0 Å². The molecule has 98 valence electrons. The molecule has 4 nitrogen and oxygen atoms in total. The van der Waals surface area contributed by atoms with E-state index in [0.717, 1.165) is 5.56 Å². The van der Waals surface area contributed by atoms with E-state index < -0.39 is 5.97 Å². The standard InChI is InChI=1S/C15H9ClN2O2/c16-12-4-2-1-3-11(12)14-18-13(15(19)20-14)9-10-5-7-17-8-6-10/h1-9H. The summed E-state index contributed by atoms with van der Waals surface area (Å²) in [6.07, 6.45) is 4.94. The number of halogens is 1. The Morgan fingerprint density at radius 2 is 1.85 bits per heavy atom. The molecule has 3 rings (SSSR count). The van der Waals surface area contributed by atoms with Crippen LogP contribution in [0.25, 0.3) is 6.08 Å². The van der Waals surface area contributed by atoms with Gasteiger partial charge in [0.15, 0.2) is 5.70 Å². The van der Waals surface area contributed by atoms with Crippen LogP contribution in [-0.2, 0) is 9.53 Å². The summed E-state index contributed by atoms with van der Waals surface area (Å²) in [6, 6.07) is 10.6. The quantitative estimate of drug-likeness (QED) is 0.629. The fourth-order valence-electron chi connectivity index (χ4n) is 1.78. The van der Waals surface area contributed by atoms with E-state index in [4.69, 9.17) is 16.3 Å². The van der Waals surface area contributed by atoms with E-state index in [-0.39, 0.29) is 11.6 Å². The third kappa shape index (κ3) is 2.46. The van der Waals surface area contributed by atoms with Gasteiger partial charge in [0, 0.05) is 12.4 Å². The zero-order valence-corrected chi connectivity index (χ0v) is 11.0. The number of nitrogens with zero attached hydrogens (tertiary/aromatic N) is 2. The molecule has 0 radical (unpaired) electrons. The average Bonchev–Trinajstić information content (AvgIpc) is 2.81. The highest BCUT2D eigenvalue weighted by Gasteiger charge is 2.25. The molecule has 1 aliphatic rings. The maximum absolute atomic E-state index is 11.8. The number of aliphatic imine (C=N–C) groups is 1. The molecule has 2 heterocycles. The second-order valence-corrected chi connectivity index (χ2v) is 4.50. The van der Waals surface area contributed by atoms with Gasteiger partial charge in [-0.3, -0.25) is 4.98 Å². The molecule has 0 aliphatic carbocycles. The van der Waals surface area contributed by atoms with Crippen molar-refractivity contribution in [2.45, 2.75) is 0 Å². The third-order valence-corrected chi connectivity index (χ3v) is 3.06. The molecule has 0 atom stereocenters. The molecule has 1 aliphatic heterocycles. The molecule has 2 aromatic rings. The van der Waals surface area contributed by atoms with E-state index in [0.29, 0.717) is 10.6 Å². The molecular weight excluding hydrogens is 276 g/mol. The van der Waals surface area contributed by atoms with Crippen molar-refractivity contribution in [3.8, 4) is 0 Å². The van der Waals surface area contributed by atoms with Crippen molar-refractivity contribution in [3.05, 3.63) is 70.6 Å². The van der Waals surface area contributed by atoms with Crippen molar-refractivity contribution in [3.63, 3.8) is 0 Å². The number of carbonyl (C=O) groups is 1. The summed E-state index contributed by atoms with van der Waals surface area (Å²) >= 11 is 6.06. The maximum Gasteiger partial charge on any atom is 0.363 e. The Hall–Kier alpha value is -2.46. The average molecular weight is 285 g/mol. The Bertz CT molecular complexity index is 724. The number of aromatic nitrogens is 1. The summed E-state index contributed by atoms with van der Waals surface area (Å²) in [4.78, 5) is 19.9. The van der Waals surface area contributed by atoms with Gasteiger partial charge in [-0.2, -0.15) is 0 Å². The van der Waals surface area contributed by atoms with Gasteiger partial charge in [-0.1, -0.05) is 23.7 Å². The van der Waals surface area contributed by atoms with Gasteiger partial charge in [0.05, 0.1) is 10.6 Å². The predicted octanol–water partition coefficient (Wildman–Crippen LogP) is 3.08. The molecule has 0 fully saturated rings. The first-order valence-corrected chi connectivity index (χ1v) is 6.29. The molecule has 0 saturated heterocycles. The van der Waals surface area contributed by atoms with Gasteiger partial charge in [0.25, 0.3) is 0 Å². The SMILES string of the molecule is O=C1OC(c2ccccc2Cl)=NC1=Cc1ccncc1. The van der Waals surface area contributed by atoms with E-state index in [2.05, 4.69) is 9.98 Å². The maximum atomic E-state index is 11.8. The third-order valence-electron chi connectivity index (χ3n) is 2.73. The highest BCUT2D eigenvalue weighted by Crippen LogP contribution is 2.23. The lowest BCUT2D eigenvalue weighted by Gasteiger charge is -2.00. The summed E-state index contributed by atoms with van der Waals surface area (Å²) < 4.78 is 5.16. The second-order valence-electron chi connectivity index (χ2n) is 4.10. The van der Waals surface area contributed by atoms with Gasteiger partial charge in [-0.25, -0.2) is 9.79 Å². The number of esters is 1. The van der Waals surface area contributed by atoms with Crippen LogP contribution in [0.4, 0.5) is 0 Å². The molecule has 5 heteroatoms. The molecular formula is C15H9ClN2O2. The van der Waals surface area contributed by atoms with Crippen LogP contribution in [0.15, 0.2) is 59.5 Å². The second kappa shape index (κ2) is 5.27. The zero-order chi connectivity index (χ0) is 13.9. The number of hydrogen-bond acceptors (Lipinski definition) is 4. The minimum Gasteiger partial charge on any atom is -0.402 e. The van der Waals surface area contributed by atoms with Gasteiger partial charge < -0.3 is 4.74 Å². The summed E-state index contributed by atoms with van der Waals surface area (Å²) in [5, 5.41) is 0.490. The minimum absolute atomic E-state index is 0.223. The van der Waals surface area contributed by atoms with Crippen LogP contribution in [0.2, 0.25) is 5.02 Å².